The number of carbonyl (C=O) groups excluding carboxylic acids is 1. The SMILES string of the molecule is C[C@H]1CCc2c(sc(NC(=O)[C@H]3C[C@@H]4CC[C@@H]3C4)c2C#N)C1. The van der Waals surface area contributed by atoms with Crippen molar-refractivity contribution < 1.29 is 4.79 Å². The van der Waals surface area contributed by atoms with Crippen LogP contribution in [0.25, 0.3) is 0 Å². The molecule has 4 rings (SSSR count). The average molecular weight is 314 g/mol. The number of carbonyl (C=O) groups is 1. The summed E-state index contributed by atoms with van der Waals surface area (Å²) >= 11 is 1.64. The Bertz CT molecular complexity index is 657. The molecule has 2 bridgehead atoms. The van der Waals surface area contributed by atoms with Gasteiger partial charge in [-0.25, -0.2) is 0 Å². The standard InChI is InChI=1S/C18H22N2OS/c1-10-2-5-13-15(9-19)18(22-16(13)6-10)20-17(21)14-8-11-3-4-12(14)7-11/h10-12,14H,2-8H2,1H3,(H,20,21)/t10-,11+,12+,14-/m0/s1. The van der Waals surface area contributed by atoms with E-state index in [-0.39, 0.29) is 11.8 Å². The molecular weight excluding hydrogens is 292 g/mol. The first-order valence-electron chi connectivity index (χ1n) is 8.51. The summed E-state index contributed by atoms with van der Waals surface area (Å²) in [6, 6.07) is 2.34. The highest BCUT2D eigenvalue weighted by atomic mass is 32.1. The summed E-state index contributed by atoms with van der Waals surface area (Å²) in [4.78, 5) is 14.0. The topological polar surface area (TPSA) is 52.9 Å². The number of anilines is 1. The van der Waals surface area contributed by atoms with Gasteiger partial charge in [-0.3, -0.25) is 4.79 Å². The van der Waals surface area contributed by atoms with E-state index in [2.05, 4.69) is 18.3 Å². The lowest BCUT2D eigenvalue weighted by Gasteiger charge is -2.20. The Morgan fingerprint density at radius 3 is 2.86 bits per heavy atom. The molecule has 4 atom stereocenters. The smallest absolute Gasteiger partial charge is 0.228 e. The van der Waals surface area contributed by atoms with Crippen LogP contribution in [0.5, 0.6) is 0 Å². The van der Waals surface area contributed by atoms with Crippen molar-refractivity contribution in [3.63, 3.8) is 0 Å². The first-order valence-corrected chi connectivity index (χ1v) is 9.32. The van der Waals surface area contributed by atoms with E-state index in [1.54, 1.807) is 11.3 Å². The van der Waals surface area contributed by atoms with Gasteiger partial charge in [0, 0.05) is 10.8 Å². The van der Waals surface area contributed by atoms with E-state index in [4.69, 9.17) is 0 Å². The zero-order valence-electron chi connectivity index (χ0n) is 13.0. The summed E-state index contributed by atoms with van der Waals surface area (Å²) in [5.74, 6) is 2.39. The maximum atomic E-state index is 12.6. The third-order valence-electron chi connectivity index (χ3n) is 5.94. The summed E-state index contributed by atoms with van der Waals surface area (Å²) in [7, 11) is 0. The van der Waals surface area contributed by atoms with Crippen LogP contribution in [0.3, 0.4) is 0 Å². The third kappa shape index (κ3) is 2.27. The van der Waals surface area contributed by atoms with E-state index in [9.17, 15) is 10.1 Å². The lowest BCUT2D eigenvalue weighted by Crippen LogP contribution is -2.27. The van der Waals surface area contributed by atoms with Crippen LogP contribution in [0.15, 0.2) is 0 Å². The minimum Gasteiger partial charge on any atom is -0.316 e. The number of thiophene rings is 1. The van der Waals surface area contributed by atoms with Crippen molar-refractivity contribution in [1.29, 1.82) is 5.26 Å². The normalized spacial score (nSPS) is 32.5. The van der Waals surface area contributed by atoms with E-state index < -0.39 is 0 Å². The Kier molecular flexibility index (Phi) is 3.49. The van der Waals surface area contributed by atoms with Crippen LogP contribution in [0.2, 0.25) is 0 Å². The van der Waals surface area contributed by atoms with Gasteiger partial charge < -0.3 is 5.32 Å². The molecule has 2 saturated carbocycles. The van der Waals surface area contributed by atoms with Crippen LogP contribution in [-0.2, 0) is 17.6 Å². The molecule has 1 amide bonds. The van der Waals surface area contributed by atoms with Gasteiger partial charge in [0.2, 0.25) is 5.91 Å². The Labute approximate surface area is 135 Å². The van der Waals surface area contributed by atoms with Gasteiger partial charge in [0.1, 0.15) is 11.1 Å². The Morgan fingerprint density at radius 2 is 2.18 bits per heavy atom. The molecule has 3 nitrogen and oxygen atoms in total. The van der Waals surface area contributed by atoms with Crippen LogP contribution in [0.1, 0.15) is 55.0 Å². The van der Waals surface area contributed by atoms with E-state index in [0.717, 1.165) is 42.2 Å². The van der Waals surface area contributed by atoms with Gasteiger partial charge in [-0.2, -0.15) is 5.26 Å². The second kappa shape index (κ2) is 5.38. The van der Waals surface area contributed by atoms with Crippen molar-refractivity contribution in [3.05, 3.63) is 16.0 Å². The molecule has 1 aromatic heterocycles. The zero-order valence-corrected chi connectivity index (χ0v) is 13.8. The summed E-state index contributed by atoms with van der Waals surface area (Å²) in [5.41, 5.74) is 1.94. The van der Waals surface area contributed by atoms with Gasteiger partial charge in [-0.1, -0.05) is 13.3 Å². The van der Waals surface area contributed by atoms with E-state index in [0.29, 0.717) is 11.8 Å². The van der Waals surface area contributed by atoms with E-state index in [1.165, 1.54) is 29.7 Å². The number of hydrogen-bond donors (Lipinski definition) is 1. The maximum absolute atomic E-state index is 12.6. The Hall–Kier alpha value is -1.34. The minimum absolute atomic E-state index is 0.162. The monoisotopic (exact) mass is 314 g/mol. The Morgan fingerprint density at radius 1 is 1.32 bits per heavy atom. The van der Waals surface area contributed by atoms with Gasteiger partial charge in [0.05, 0.1) is 5.56 Å². The molecule has 1 N–H and O–H groups in total. The summed E-state index contributed by atoms with van der Waals surface area (Å²) in [5, 5.41) is 13.4. The van der Waals surface area contributed by atoms with Crippen LogP contribution in [0, 0.1) is 35.0 Å². The number of fused-ring (bicyclic) bond motifs is 3. The molecule has 1 aromatic rings. The van der Waals surface area contributed by atoms with E-state index >= 15 is 0 Å². The lowest BCUT2D eigenvalue weighted by molar-refractivity contribution is -0.121. The van der Waals surface area contributed by atoms with Crippen LogP contribution in [-0.4, -0.2) is 5.91 Å². The average Bonchev–Trinajstić information content (AvgIpc) is 3.19. The fourth-order valence-electron chi connectivity index (χ4n) is 4.73. The highest BCUT2D eigenvalue weighted by Crippen LogP contribution is 2.49. The van der Waals surface area contributed by atoms with Crippen molar-refractivity contribution in [2.24, 2.45) is 23.7 Å². The quantitative estimate of drug-likeness (QED) is 0.892. The predicted octanol–water partition coefficient (Wildman–Crippen LogP) is 4.12. The lowest BCUT2D eigenvalue weighted by atomic mass is 9.88. The summed E-state index contributed by atoms with van der Waals surface area (Å²) in [6.07, 6.45) is 8.01. The number of amides is 1. The van der Waals surface area contributed by atoms with Gasteiger partial charge in [-0.05, 0) is 61.8 Å². The predicted molar refractivity (Wildman–Crippen MR) is 87.8 cm³/mol. The molecule has 0 saturated heterocycles. The van der Waals surface area contributed by atoms with Crippen LogP contribution >= 0.6 is 11.3 Å². The number of nitrogens with zero attached hydrogens (tertiary/aromatic N) is 1. The third-order valence-corrected chi connectivity index (χ3v) is 7.10. The van der Waals surface area contributed by atoms with Crippen molar-refractivity contribution >= 4 is 22.2 Å². The molecule has 0 radical (unpaired) electrons. The minimum atomic E-state index is 0.162. The van der Waals surface area contributed by atoms with Crippen molar-refractivity contribution in [2.75, 3.05) is 5.32 Å². The Balaban J connectivity index is 1.56. The molecule has 22 heavy (non-hydrogen) atoms. The molecule has 0 unspecified atom stereocenters. The molecule has 3 aliphatic rings. The van der Waals surface area contributed by atoms with Gasteiger partial charge >= 0.3 is 0 Å². The molecule has 0 aliphatic heterocycles. The molecule has 1 heterocycles. The van der Waals surface area contributed by atoms with Gasteiger partial charge in [0.25, 0.3) is 0 Å². The first kappa shape index (κ1) is 14.3. The van der Waals surface area contributed by atoms with E-state index in [1.807, 2.05) is 0 Å². The fraction of sp³-hybridized carbons (Fsp3) is 0.667. The number of nitrogens with one attached hydrogen (secondary N) is 1. The zero-order chi connectivity index (χ0) is 15.3. The van der Waals surface area contributed by atoms with Gasteiger partial charge in [0.15, 0.2) is 0 Å². The number of rotatable bonds is 2. The van der Waals surface area contributed by atoms with Crippen molar-refractivity contribution in [3.8, 4) is 6.07 Å². The fourth-order valence-corrected chi connectivity index (χ4v) is 6.09. The molecular formula is C18H22N2OS. The van der Waals surface area contributed by atoms with Crippen LogP contribution < -0.4 is 5.32 Å². The number of nitriles is 1. The molecule has 116 valence electrons. The second-order valence-electron chi connectivity index (χ2n) is 7.44. The summed E-state index contributed by atoms with van der Waals surface area (Å²) in [6.45, 7) is 2.27. The molecule has 0 aromatic carbocycles. The molecule has 3 aliphatic carbocycles. The highest BCUT2D eigenvalue weighted by Gasteiger charge is 2.43. The first-order chi connectivity index (χ1) is 10.7. The van der Waals surface area contributed by atoms with Crippen LogP contribution in [0.4, 0.5) is 5.00 Å². The number of hydrogen-bond acceptors (Lipinski definition) is 3. The maximum Gasteiger partial charge on any atom is 0.228 e. The van der Waals surface area contributed by atoms with Gasteiger partial charge in [-0.15, -0.1) is 11.3 Å². The van der Waals surface area contributed by atoms with Crippen molar-refractivity contribution in [2.45, 2.75) is 51.9 Å². The van der Waals surface area contributed by atoms with Crippen molar-refractivity contribution in [1.82, 2.24) is 0 Å². The molecule has 2 fully saturated rings. The largest absolute Gasteiger partial charge is 0.316 e. The molecule has 4 heteroatoms. The molecule has 0 spiro atoms. The highest BCUT2D eigenvalue weighted by molar-refractivity contribution is 7.16. The summed E-state index contributed by atoms with van der Waals surface area (Å²) < 4.78 is 0. The second-order valence-corrected chi connectivity index (χ2v) is 8.54.